The van der Waals surface area contributed by atoms with Gasteiger partial charge in [-0.3, -0.25) is 0 Å². The molecule has 0 heterocycles. The minimum atomic E-state index is -3.23. The highest BCUT2D eigenvalue weighted by Crippen LogP contribution is 2.12. The Bertz CT molecular complexity index is 429. The smallest absolute Gasteiger partial charge is 0.282 e. The highest BCUT2D eigenvalue weighted by Gasteiger charge is 2.26. The molecule has 0 aliphatic heterocycles. The Morgan fingerprint density at radius 1 is 1.41 bits per heavy atom. The molecule has 0 aromatic heterocycles. The molecule has 0 spiro atoms. The van der Waals surface area contributed by atoms with Crippen molar-refractivity contribution in [1.29, 1.82) is 5.26 Å². The van der Waals surface area contributed by atoms with Crippen molar-refractivity contribution < 1.29 is 18.3 Å². The van der Waals surface area contributed by atoms with E-state index in [2.05, 4.69) is 5.32 Å². The summed E-state index contributed by atoms with van der Waals surface area (Å²) in [4.78, 5) is 0. The lowest BCUT2D eigenvalue weighted by atomic mass is 10.1. The quantitative estimate of drug-likeness (QED) is 0.823. The number of hydrogen-bond acceptors (Lipinski definition) is 3. The summed E-state index contributed by atoms with van der Waals surface area (Å²) in [6.07, 6.45) is 0. The molecule has 3 nitrogen and oxygen atoms in total. The Kier molecular flexibility index (Phi) is 4.49. The first-order chi connectivity index (χ1) is 7.98. The lowest BCUT2D eigenvalue weighted by Crippen LogP contribution is -2.35. The van der Waals surface area contributed by atoms with E-state index < -0.39 is 24.9 Å². The molecule has 0 radical (unpaired) electrons. The number of hydrogen-bond donors (Lipinski definition) is 2. The minimum Gasteiger partial charge on any atom is -0.390 e. The zero-order valence-corrected chi connectivity index (χ0v) is 8.88. The predicted molar refractivity (Wildman–Crippen MR) is 54.9 cm³/mol. The van der Waals surface area contributed by atoms with Gasteiger partial charge < -0.3 is 10.4 Å². The fourth-order valence-electron chi connectivity index (χ4n) is 1.22. The number of nitrogens with one attached hydrogen (secondary N) is 1. The second-order valence-corrected chi connectivity index (χ2v) is 3.54. The van der Waals surface area contributed by atoms with Crippen LogP contribution in [0.25, 0.3) is 0 Å². The van der Waals surface area contributed by atoms with Gasteiger partial charge in [-0.1, -0.05) is 0 Å². The van der Waals surface area contributed by atoms with Gasteiger partial charge >= 0.3 is 0 Å². The van der Waals surface area contributed by atoms with Crippen molar-refractivity contribution in [2.45, 2.75) is 12.5 Å². The van der Waals surface area contributed by atoms with Crippen LogP contribution < -0.4 is 5.32 Å². The van der Waals surface area contributed by atoms with E-state index in [1.54, 1.807) is 0 Å². The molecule has 0 atom stereocenters. The molecule has 6 heteroatoms. The standard InChI is InChI=1S/C11H11F3N2O/c12-10-2-1-8(4-15)3-9(10)5-16-6-11(13,14)7-17/h1-3,16-17H,5-7H2. The summed E-state index contributed by atoms with van der Waals surface area (Å²) in [6, 6.07) is 5.54. The van der Waals surface area contributed by atoms with Gasteiger partial charge in [0.2, 0.25) is 0 Å². The molecule has 92 valence electrons. The normalized spacial score (nSPS) is 11.2. The molecule has 0 unspecified atom stereocenters. The average Bonchev–Trinajstić information content (AvgIpc) is 2.31. The molecule has 17 heavy (non-hydrogen) atoms. The molecule has 1 aromatic rings. The van der Waals surface area contributed by atoms with Crippen molar-refractivity contribution in [2.75, 3.05) is 13.2 Å². The van der Waals surface area contributed by atoms with E-state index in [1.807, 2.05) is 6.07 Å². The Morgan fingerprint density at radius 3 is 2.71 bits per heavy atom. The van der Waals surface area contributed by atoms with E-state index in [9.17, 15) is 13.2 Å². The lowest BCUT2D eigenvalue weighted by Gasteiger charge is -2.14. The van der Waals surface area contributed by atoms with Gasteiger partial charge in [-0.2, -0.15) is 5.26 Å². The average molecular weight is 244 g/mol. The minimum absolute atomic E-state index is 0.128. The third-order valence-corrected chi connectivity index (χ3v) is 2.11. The number of benzene rings is 1. The molecule has 2 N–H and O–H groups in total. The summed E-state index contributed by atoms with van der Waals surface area (Å²) in [7, 11) is 0. The number of aliphatic hydroxyl groups excluding tert-OH is 1. The largest absolute Gasteiger partial charge is 0.390 e. The molecule has 1 rings (SSSR count). The maximum atomic E-state index is 13.2. The van der Waals surface area contributed by atoms with Crippen molar-refractivity contribution in [1.82, 2.24) is 5.32 Å². The number of aliphatic hydroxyl groups is 1. The van der Waals surface area contributed by atoms with Gasteiger partial charge in [0.25, 0.3) is 5.92 Å². The van der Waals surface area contributed by atoms with Crippen LogP contribution in [0.3, 0.4) is 0 Å². The van der Waals surface area contributed by atoms with Gasteiger partial charge in [-0.15, -0.1) is 0 Å². The van der Waals surface area contributed by atoms with Crippen molar-refractivity contribution in [2.24, 2.45) is 0 Å². The molecule has 0 saturated heterocycles. The van der Waals surface area contributed by atoms with Crippen LogP contribution in [0.2, 0.25) is 0 Å². The number of halogens is 3. The zero-order valence-electron chi connectivity index (χ0n) is 8.88. The maximum Gasteiger partial charge on any atom is 0.282 e. The second kappa shape index (κ2) is 5.66. The Morgan fingerprint density at radius 2 is 2.12 bits per heavy atom. The lowest BCUT2D eigenvalue weighted by molar-refractivity contribution is -0.0478. The number of nitriles is 1. The van der Waals surface area contributed by atoms with Crippen LogP contribution in [0.4, 0.5) is 13.2 Å². The molecule has 0 fully saturated rings. The summed E-state index contributed by atoms with van der Waals surface area (Å²) in [5, 5.41) is 19.2. The van der Waals surface area contributed by atoms with E-state index in [1.165, 1.54) is 12.1 Å². The van der Waals surface area contributed by atoms with E-state index in [4.69, 9.17) is 10.4 Å². The Hall–Kier alpha value is -1.58. The molecule has 0 amide bonds. The first-order valence-corrected chi connectivity index (χ1v) is 4.86. The first kappa shape index (κ1) is 13.5. The van der Waals surface area contributed by atoms with E-state index >= 15 is 0 Å². The SMILES string of the molecule is N#Cc1ccc(F)c(CNCC(F)(F)CO)c1. The second-order valence-electron chi connectivity index (χ2n) is 3.54. The van der Waals surface area contributed by atoms with Crippen LogP contribution in [0.15, 0.2) is 18.2 Å². The first-order valence-electron chi connectivity index (χ1n) is 4.86. The maximum absolute atomic E-state index is 13.2. The highest BCUT2D eigenvalue weighted by molar-refractivity contribution is 5.33. The summed E-state index contributed by atoms with van der Waals surface area (Å²) < 4.78 is 38.5. The zero-order chi connectivity index (χ0) is 12.9. The molecule has 0 bridgehead atoms. The van der Waals surface area contributed by atoms with Gasteiger partial charge in [0.1, 0.15) is 12.4 Å². The monoisotopic (exact) mass is 244 g/mol. The predicted octanol–water partition coefficient (Wildman–Crippen LogP) is 1.41. The number of nitrogens with zero attached hydrogens (tertiary/aromatic N) is 1. The summed E-state index contributed by atoms with van der Waals surface area (Å²) in [5.74, 6) is -3.80. The molecule has 1 aromatic carbocycles. The van der Waals surface area contributed by atoms with Crippen molar-refractivity contribution in [3.05, 3.63) is 35.1 Å². The molecule has 0 aliphatic carbocycles. The van der Waals surface area contributed by atoms with Gasteiger partial charge in [0, 0.05) is 12.1 Å². The van der Waals surface area contributed by atoms with Crippen LogP contribution in [-0.4, -0.2) is 24.2 Å². The Labute approximate surface area is 96.5 Å². The van der Waals surface area contributed by atoms with Gasteiger partial charge in [0.05, 0.1) is 18.2 Å². The highest BCUT2D eigenvalue weighted by atomic mass is 19.3. The van der Waals surface area contributed by atoms with Gasteiger partial charge in [-0.25, -0.2) is 13.2 Å². The fraction of sp³-hybridized carbons (Fsp3) is 0.364. The third-order valence-electron chi connectivity index (χ3n) is 2.11. The molecule has 0 saturated carbocycles. The van der Waals surface area contributed by atoms with Crippen molar-refractivity contribution in [3.8, 4) is 6.07 Å². The Balaban J connectivity index is 2.61. The number of alkyl halides is 2. The van der Waals surface area contributed by atoms with E-state index in [-0.39, 0.29) is 17.7 Å². The van der Waals surface area contributed by atoms with Crippen LogP contribution in [-0.2, 0) is 6.54 Å². The fourth-order valence-corrected chi connectivity index (χ4v) is 1.22. The van der Waals surface area contributed by atoms with Crippen LogP contribution >= 0.6 is 0 Å². The van der Waals surface area contributed by atoms with Crippen LogP contribution in [0.1, 0.15) is 11.1 Å². The molecular formula is C11H11F3N2O. The topological polar surface area (TPSA) is 56.0 Å². The molecular weight excluding hydrogens is 233 g/mol. The van der Waals surface area contributed by atoms with Crippen LogP contribution in [0.5, 0.6) is 0 Å². The third kappa shape index (κ3) is 4.06. The van der Waals surface area contributed by atoms with Gasteiger partial charge in [0.15, 0.2) is 0 Å². The number of rotatable bonds is 5. The van der Waals surface area contributed by atoms with E-state index in [0.717, 1.165) is 6.07 Å². The van der Waals surface area contributed by atoms with Crippen molar-refractivity contribution >= 4 is 0 Å². The van der Waals surface area contributed by atoms with E-state index in [0.29, 0.717) is 0 Å². The van der Waals surface area contributed by atoms with Gasteiger partial charge in [-0.05, 0) is 18.2 Å². The van der Waals surface area contributed by atoms with Crippen LogP contribution in [0, 0.1) is 17.1 Å². The summed E-state index contributed by atoms with van der Waals surface area (Å²) >= 11 is 0. The summed E-state index contributed by atoms with van der Waals surface area (Å²) in [6.45, 7) is -2.14. The summed E-state index contributed by atoms with van der Waals surface area (Å²) in [5.41, 5.74) is 0.398. The molecule has 0 aliphatic rings. The van der Waals surface area contributed by atoms with Crippen molar-refractivity contribution in [3.63, 3.8) is 0 Å².